The zero-order valence-electron chi connectivity index (χ0n) is 13.8. The molecule has 2 saturated heterocycles. The molecule has 5 nitrogen and oxygen atoms in total. The summed E-state index contributed by atoms with van der Waals surface area (Å²) < 4.78 is 0. The quantitative estimate of drug-likeness (QED) is 0.854. The monoisotopic (exact) mass is 302 g/mol. The lowest BCUT2D eigenvalue weighted by Crippen LogP contribution is -2.47. The van der Waals surface area contributed by atoms with E-state index in [2.05, 4.69) is 21.8 Å². The molecule has 0 saturated carbocycles. The second-order valence-corrected chi connectivity index (χ2v) is 6.70. The smallest absolute Gasteiger partial charge is 0.254 e. The Hall–Kier alpha value is -1.62. The van der Waals surface area contributed by atoms with E-state index in [4.69, 9.17) is 0 Å². The van der Waals surface area contributed by atoms with Gasteiger partial charge in [-0.3, -0.25) is 4.79 Å². The number of aromatic nitrogens is 1. The van der Waals surface area contributed by atoms with E-state index < -0.39 is 0 Å². The van der Waals surface area contributed by atoms with Gasteiger partial charge < -0.3 is 14.7 Å². The van der Waals surface area contributed by atoms with E-state index in [1.807, 2.05) is 31.1 Å². The maximum Gasteiger partial charge on any atom is 0.254 e. The van der Waals surface area contributed by atoms with Crippen molar-refractivity contribution in [1.82, 2.24) is 14.8 Å². The van der Waals surface area contributed by atoms with Gasteiger partial charge in [-0.05, 0) is 51.4 Å². The molecule has 3 heterocycles. The molecule has 2 fully saturated rings. The summed E-state index contributed by atoms with van der Waals surface area (Å²) >= 11 is 0. The van der Waals surface area contributed by atoms with Crippen LogP contribution in [0.2, 0.25) is 0 Å². The highest BCUT2D eigenvalue weighted by Gasteiger charge is 2.38. The number of carbonyl (C=O) groups excluding carboxylic acids is 1. The van der Waals surface area contributed by atoms with E-state index in [9.17, 15) is 4.79 Å². The number of rotatable bonds is 3. The van der Waals surface area contributed by atoms with Gasteiger partial charge in [-0.25, -0.2) is 4.98 Å². The van der Waals surface area contributed by atoms with Crippen molar-refractivity contribution < 1.29 is 4.79 Å². The fourth-order valence-corrected chi connectivity index (χ4v) is 3.83. The standard InChI is InChI=1S/C17H26N4O/c1-19(2)16-12-13(8-9-18-16)17(22)21-11-5-7-15(21)14-6-4-10-20(14)3/h8-9,12,14-15H,4-7,10-11H2,1-3H3/t14-,15+/m0/s1. The second kappa shape index (κ2) is 6.24. The number of likely N-dealkylation sites (tertiary alicyclic amines) is 2. The zero-order valence-corrected chi connectivity index (χ0v) is 13.8. The minimum absolute atomic E-state index is 0.160. The van der Waals surface area contributed by atoms with Gasteiger partial charge in [-0.1, -0.05) is 0 Å². The van der Waals surface area contributed by atoms with Crippen molar-refractivity contribution in [3.05, 3.63) is 23.9 Å². The van der Waals surface area contributed by atoms with Crippen LogP contribution in [-0.4, -0.2) is 67.0 Å². The second-order valence-electron chi connectivity index (χ2n) is 6.70. The predicted octanol–water partition coefficient (Wildman–Crippen LogP) is 1.85. The van der Waals surface area contributed by atoms with E-state index in [1.165, 1.54) is 12.8 Å². The van der Waals surface area contributed by atoms with Gasteiger partial charge in [0, 0.05) is 44.5 Å². The SMILES string of the molecule is CN(C)c1cc(C(=O)N2CCC[C@@H]2[C@@H]2CCCN2C)ccn1. The van der Waals surface area contributed by atoms with Crippen molar-refractivity contribution in [1.29, 1.82) is 0 Å². The summed E-state index contributed by atoms with van der Waals surface area (Å²) in [5.74, 6) is 0.993. The Labute approximate surface area is 132 Å². The van der Waals surface area contributed by atoms with Gasteiger partial charge in [-0.2, -0.15) is 0 Å². The van der Waals surface area contributed by atoms with Gasteiger partial charge in [0.25, 0.3) is 5.91 Å². The Bertz CT molecular complexity index is 545. The van der Waals surface area contributed by atoms with Crippen LogP contribution in [0.4, 0.5) is 5.82 Å². The van der Waals surface area contributed by atoms with Crippen LogP contribution in [0.15, 0.2) is 18.3 Å². The summed E-state index contributed by atoms with van der Waals surface area (Å²) in [6, 6.07) is 4.64. The number of hydrogen-bond acceptors (Lipinski definition) is 4. The molecular weight excluding hydrogens is 276 g/mol. The van der Waals surface area contributed by atoms with Crippen LogP contribution in [0.3, 0.4) is 0 Å². The number of amides is 1. The normalized spacial score (nSPS) is 25.7. The average Bonchev–Trinajstić information content (AvgIpc) is 3.14. The third kappa shape index (κ3) is 2.82. The van der Waals surface area contributed by atoms with Crippen molar-refractivity contribution >= 4 is 11.7 Å². The number of carbonyl (C=O) groups is 1. The topological polar surface area (TPSA) is 39.7 Å². The summed E-state index contributed by atoms with van der Waals surface area (Å²) in [7, 11) is 6.08. The average molecular weight is 302 g/mol. The maximum atomic E-state index is 13.0. The Morgan fingerprint density at radius 1 is 1.23 bits per heavy atom. The molecule has 1 amide bonds. The molecule has 0 aliphatic carbocycles. The van der Waals surface area contributed by atoms with Crippen molar-refractivity contribution in [2.24, 2.45) is 0 Å². The molecule has 0 unspecified atom stereocenters. The minimum atomic E-state index is 0.160. The van der Waals surface area contributed by atoms with Gasteiger partial charge in [0.05, 0.1) is 0 Å². The molecule has 1 aromatic heterocycles. The molecule has 1 aromatic rings. The van der Waals surface area contributed by atoms with Crippen LogP contribution >= 0.6 is 0 Å². The Morgan fingerprint density at radius 3 is 2.64 bits per heavy atom. The molecule has 0 N–H and O–H groups in total. The summed E-state index contributed by atoms with van der Waals surface area (Å²) in [4.78, 5) is 23.7. The molecular formula is C17H26N4O. The number of hydrogen-bond donors (Lipinski definition) is 0. The third-order valence-corrected chi connectivity index (χ3v) is 5.03. The van der Waals surface area contributed by atoms with E-state index in [-0.39, 0.29) is 5.91 Å². The number of likely N-dealkylation sites (N-methyl/N-ethyl adjacent to an activating group) is 1. The minimum Gasteiger partial charge on any atom is -0.363 e. The molecule has 22 heavy (non-hydrogen) atoms. The molecule has 2 aliphatic rings. The van der Waals surface area contributed by atoms with E-state index in [1.54, 1.807) is 6.20 Å². The molecule has 3 rings (SSSR count). The Balaban J connectivity index is 1.80. The van der Waals surface area contributed by atoms with Gasteiger partial charge in [-0.15, -0.1) is 0 Å². The fourth-order valence-electron chi connectivity index (χ4n) is 3.83. The largest absolute Gasteiger partial charge is 0.363 e. The summed E-state index contributed by atoms with van der Waals surface area (Å²) in [5.41, 5.74) is 0.756. The first-order valence-electron chi connectivity index (χ1n) is 8.22. The molecule has 0 radical (unpaired) electrons. The summed E-state index contributed by atoms with van der Waals surface area (Å²) in [5, 5.41) is 0. The fraction of sp³-hybridized carbons (Fsp3) is 0.647. The predicted molar refractivity (Wildman–Crippen MR) is 88.3 cm³/mol. The molecule has 2 aliphatic heterocycles. The summed E-state index contributed by atoms with van der Waals surface area (Å²) in [6.07, 6.45) is 6.44. The first kappa shape index (κ1) is 15.3. The molecule has 0 bridgehead atoms. The zero-order chi connectivity index (χ0) is 15.7. The van der Waals surface area contributed by atoms with Gasteiger partial charge >= 0.3 is 0 Å². The van der Waals surface area contributed by atoms with Gasteiger partial charge in [0.15, 0.2) is 0 Å². The number of anilines is 1. The first-order chi connectivity index (χ1) is 10.6. The van der Waals surface area contributed by atoms with Crippen LogP contribution in [0.25, 0.3) is 0 Å². The molecule has 0 spiro atoms. The highest BCUT2D eigenvalue weighted by atomic mass is 16.2. The van der Waals surface area contributed by atoms with E-state index in [0.717, 1.165) is 37.3 Å². The van der Waals surface area contributed by atoms with Crippen molar-refractivity contribution in [3.8, 4) is 0 Å². The van der Waals surface area contributed by atoms with Crippen LogP contribution in [0.1, 0.15) is 36.0 Å². The van der Waals surface area contributed by atoms with Crippen molar-refractivity contribution in [2.75, 3.05) is 39.1 Å². The van der Waals surface area contributed by atoms with Crippen LogP contribution in [0.5, 0.6) is 0 Å². The Morgan fingerprint density at radius 2 is 1.95 bits per heavy atom. The van der Waals surface area contributed by atoms with Gasteiger partial charge in [0.2, 0.25) is 0 Å². The third-order valence-electron chi connectivity index (χ3n) is 5.03. The van der Waals surface area contributed by atoms with Crippen LogP contribution in [0, 0.1) is 0 Å². The molecule has 0 aromatic carbocycles. The number of pyridine rings is 1. The van der Waals surface area contributed by atoms with Crippen molar-refractivity contribution in [3.63, 3.8) is 0 Å². The summed E-state index contributed by atoms with van der Waals surface area (Å²) in [6.45, 7) is 2.04. The van der Waals surface area contributed by atoms with Crippen LogP contribution < -0.4 is 4.90 Å². The van der Waals surface area contributed by atoms with Gasteiger partial charge in [0.1, 0.15) is 5.82 Å². The van der Waals surface area contributed by atoms with E-state index >= 15 is 0 Å². The first-order valence-corrected chi connectivity index (χ1v) is 8.22. The highest BCUT2D eigenvalue weighted by molar-refractivity contribution is 5.95. The van der Waals surface area contributed by atoms with Crippen molar-refractivity contribution in [2.45, 2.75) is 37.8 Å². The lowest BCUT2D eigenvalue weighted by molar-refractivity contribution is 0.0664. The molecule has 2 atom stereocenters. The van der Waals surface area contributed by atoms with E-state index in [0.29, 0.717) is 12.1 Å². The number of nitrogens with zero attached hydrogens (tertiary/aromatic N) is 4. The molecule has 5 heteroatoms. The maximum absolute atomic E-state index is 13.0. The Kier molecular flexibility index (Phi) is 4.34. The highest BCUT2D eigenvalue weighted by Crippen LogP contribution is 2.30. The van der Waals surface area contributed by atoms with Crippen LogP contribution in [-0.2, 0) is 0 Å². The lowest BCUT2D eigenvalue weighted by Gasteiger charge is -2.33. The lowest BCUT2D eigenvalue weighted by atomic mass is 10.0. The molecule has 120 valence electrons.